The molecule has 0 aromatic rings. The molecule has 0 spiro atoms. The van der Waals surface area contributed by atoms with E-state index in [4.69, 9.17) is 10.8 Å². The average Bonchev–Trinajstić information content (AvgIpc) is 2.42. The SMILES string of the molecule is CCN(CC(N)=O)C(=O)N1CCC(CCC(=O)O)CC1. The number of piperidine rings is 1. The van der Waals surface area contributed by atoms with E-state index in [2.05, 4.69) is 0 Å². The number of likely N-dealkylation sites (N-methyl/N-ethyl adjacent to an activating group) is 1. The molecule has 0 unspecified atom stereocenters. The third-order valence-corrected chi connectivity index (χ3v) is 3.65. The summed E-state index contributed by atoms with van der Waals surface area (Å²) in [6.07, 6.45) is 2.47. The van der Waals surface area contributed by atoms with Gasteiger partial charge >= 0.3 is 12.0 Å². The third kappa shape index (κ3) is 5.07. The Morgan fingerprint density at radius 1 is 1.30 bits per heavy atom. The van der Waals surface area contributed by atoms with Crippen LogP contribution in [-0.2, 0) is 9.59 Å². The maximum atomic E-state index is 12.2. The number of carboxylic acids is 1. The van der Waals surface area contributed by atoms with E-state index in [0.717, 1.165) is 12.8 Å². The van der Waals surface area contributed by atoms with E-state index in [1.165, 1.54) is 4.90 Å². The summed E-state index contributed by atoms with van der Waals surface area (Å²) in [6.45, 7) is 3.41. The van der Waals surface area contributed by atoms with E-state index in [0.29, 0.717) is 32.0 Å². The highest BCUT2D eigenvalue weighted by molar-refractivity contribution is 5.83. The van der Waals surface area contributed by atoms with Gasteiger partial charge in [0.25, 0.3) is 0 Å². The molecule has 0 aliphatic carbocycles. The minimum Gasteiger partial charge on any atom is -0.481 e. The molecule has 7 heteroatoms. The molecule has 1 aliphatic rings. The molecule has 114 valence electrons. The van der Waals surface area contributed by atoms with Crippen LogP contribution in [0.2, 0.25) is 0 Å². The maximum Gasteiger partial charge on any atom is 0.320 e. The average molecular weight is 285 g/mol. The second kappa shape index (κ2) is 7.72. The molecule has 7 nitrogen and oxygen atoms in total. The summed E-state index contributed by atoms with van der Waals surface area (Å²) in [5.41, 5.74) is 5.12. The monoisotopic (exact) mass is 285 g/mol. The van der Waals surface area contributed by atoms with Crippen molar-refractivity contribution in [2.45, 2.75) is 32.6 Å². The predicted molar refractivity (Wildman–Crippen MR) is 73.0 cm³/mol. The van der Waals surface area contributed by atoms with Gasteiger partial charge in [-0.05, 0) is 32.1 Å². The van der Waals surface area contributed by atoms with Gasteiger partial charge in [-0.3, -0.25) is 9.59 Å². The molecule has 3 N–H and O–H groups in total. The van der Waals surface area contributed by atoms with Crippen LogP contribution in [0.4, 0.5) is 4.79 Å². The molecule has 1 fully saturated rings. The molecule has 1 heterocycles. The first-order chi connectivity index (χ1) is 9.43. The number of aliphatic carboxylic acids is 1. The van der Waals surface area contributed by atoms with Crippen molar-refractivity contribution >= 4 is 17.9 Å². The van der Waals surface area contributed by atoms with Gasteiger partial charge in [0, 0.05) is 26.1 Å². The number of likely N-dealkylation sites (tertiary alicyclic amines) is 1. The van der Waals surface area contributed by atoms with E-state index in [1.54, 1.807) is 11.8 Å². The zero-order valence-corrected chi connectivity index (χ0v) is 11.9. The molecule has 1 aliphatic heterocycles. The molecule has 0 atom stereocenters. The summed E-state index contributed by atoms with van der Waals surface area (Å²) in [7, 11) is 0. The van der Waals surface area contributed by atoms with Crippen LogP contribution in [0.25, 0.3) is 0 Å². The fraction of sp³-hybridized carbons (Fsp3) is 0.769. The van der Waals surface area contributed by atoms with E-state index < -0.39 is 11.9 Å². The van der Waals surface area contributed by atoms with Gasteiger partial charge in [-0.15, -0.1) is 0 Å². The summed E-state index contributed by atoms with van der Waals surface area (Å²) < 4.78 is 0. The van der Waals surface area contributed by atoms with Crippen LogP contribution in [0.3, 0.4) is 0 Å². The van der Waals surface area contributed by atoms with Gasteiger partial charge in [0.15, 0.2) is 0 Å². The van der Waals surface area contributed by atoms with Gasteiger partial charge in [-0.1, -0.05) is 0 Å². The number of amides is 3. The van der Waals surface area contributed by atoms with Crippen molar-refractivity contribution in [2.24, 2.45) is 11.7 Å². The molecule has 0 aromatic heterocycles. The van der Waals surface area contributed by atoms with Gasteiger partial charge in [0.1, 0.15) is 6.54 Å². The van der Waals surface area contributed by atoms with Crippen molar-refractivity contribution < 1.29 is 19.5 Å². The van der Waals surface area contributed by atoms with E-state index in [-0.39, 0.29) is 19.0 Å². The second-order valence-corrected chi connectivity index (χ2v) is 5.13. The number of nitrogens with zero attached hydrogens (tertiary/aromatic N) is 2. The topological polar surface area (TPSA) is 104 Å². The highest BCUT2D eigenvalue weighted by Gasteiger charge is 2.26. The van der Waals surface area contributed by atoms with Crippen LogP contribution < -0.4 is 5.73 Å². The summed E-state index contributed by atoms with van der Waals surface area (Å²) in [6, 6.07) is -0.164. The van der Waals surface area contributed by atoms with Gasteiger partial charge in [-0.2, -0.15) is 0 Å². The van der Waals surface area contributed by atoms with Gasteiger partial charge < -0.3 is 20.6 Å². The van der Waals surface area contributed by atoms with Crippen molar-refractivity contribution in [2.75, 3.05) is 26.2 Å². The summed E-state index contributed by atoms with van der Waals surface area (Å²) in [5, 5.41) is 8.66. The Balaban J connectivity index is 2.41. The Hall–Kier alpha value is -1.79. The molecule has 0 bridgehead atoms. The number of rotatable bonds is 6. The Morgan fingerprint density at radius 3 is 2.35 bits per heavy atom. The molecular weight excluding hydrogens is 262 g/mol. The quantitative estimate of drug-likeness (QED) is 0.741. The second-order valence-electron chi connectivity index (χ2n) is 5.13. The zero-order chi connectivity index (χ0) is 15.1. The number of primary amides is 1. The van der Waals surface area contributed by atoms with Gasteiger partial charge in [0.2, 0.25) is 5.91 Å². The number of urea groups is 1. The highest BCUT2D eigenvalue weighted by Crippen LogP contribution is 2.22. The lowest BCUT2D eigenvalue weighted by Gasteiger charge is -2.35. The Morgan fingerprint density at radius 2 is 1.90 bits per heavy atom. The predicted octanol–water partition coefficient (Wildman–Crippen LogP) is 0.490. The Labute approximate surface area is 118 Å². The normalized spacial score (nSPS) is 15.9. The Bertz CT molecular complexity index is 365. The van der Waals surface area contributed by atoms with Crippen molar-refractivity contribution in [3.63, 3.8) is 0 Å². The molecular formula is C13H23N3O4. The largest absolute Gasteiger partial charge is 0.481 e. The van der Waals surface area contributed by atoms with Crippen LogP contribution in [-0.4, -0.2) is 59.0 Å². The first-order valence-electron chi connectivity index (χ1n) is 6.98. The van der Waals surface area contributed by atoms with E-state index in [1.807, 2.05) is 0 Å². The highest BCUT2D eigenvalue weighted by atomic mass is 16.4. The smallest absolute Gasteiger partial charge is 0.320 e. The standard InChI is InChI=1S/C13H23N3O4/c1-2-15(9-11(14)17)13(20)16-7-5-10(6-8-16)3-4-12(18)19/h10H,2-9H2,1H3,(H2,14,17)(H,18,19). The summed E-state index contributed by atoms with van der Waals surface area (Å²) in [4.78, 5) is 36.8. The number of hydrogen-bond acceptors (Lipinski definition) is 3. The van der Waals surface area contributed by atoms with Crippen LogP contribution in [0.5, 0.6) is 0 Å². The van der Waals surface area contributed by atoms with Crippen LogP contribution in [0.15, 0.2) is 0 Å². The van der Waals surface area contributed by atoms with Crippen molar-refractivity contribution in [3.8, 4) is 0 Å². The first-order valence-corrected chi connectivity index (χ1v) is 6.98. The van der Waals surface area contributed by atoms with Gasteiger partial charge in [-0.25, -0.2) is 4.79 Å². The lowest BCUT2D eigenvalue weighted by molar-refractivity contribution is -0.137. The molecule has 0 saturated carbocycles. The number of hydrogen-bond donors (Lipinski definition) is 2. The maximum absolute atomic E-state index is 12.2. The number of carbonyl (C=O) groups excluding carboxylic acids is 2. The van der Waals surface area contributed by atoms with E-state index >= 15 is 0 Å². The molecule has 20 heavy (non-hydrogen) atoms. The van der Waals surface area contributed by atoms with Crippen molar-refractivity contribution in [1.29, 1.82) is 0 Å². The minimum absolute atomic E-state index is 0.0612. The zero-order valence-electron chi connectivity index (χ0n) is 11.9. The first kappa shape index (κ1) is 16.3. The minimum atomic E-state index is -0.776. The molecule has 1 saturated heterocycles. The summed E-state index contributed by atoms with van der Waals surface area (Å²) >= 11 is 0. The fourth-order valence-corrected chi connectivity index (χ4v) is 2.44. The molecule has 1 rings (SSSR count). The third-order valence-electron chi connectivity index (χ3n) is 3.65. The van der Waals surface area contributed by atoms with Gasteiger partial charge in [0.05, 0.1) is 0 Å². The number of carboxylic acid groups (broad SMARTS) is 1. The lowest BCUT2D eigenvalue weighted by Crippen LogP contribution is -2.49. The van der Waals surface area contributed by atoms with Crippen LogP contribution in [0, 0.1) is 5.92 Å². The lowest BCUT2D eigenvalue weighted by atomic mass is 9.92. The van der Waals surface area contributed by atoms with Crippen LogP contribution in [0.1, 0.15) is 32.6 Å². The van der Waals surface area contributed by atoms with Crippen molar-refractivity contribution in [1.82, 2.24) is 9.80 Å². The molecule has 0 radical (unpaired) electrons. The fourth-order valence-electron chi connectivity index (χ4n) is 2.44. The Kier molecular flexibility index (Phi) is 6.27. The van der Waals surface area contributed by atoms with E-state index in [9.17, 15) is 14.4 Å². The van der Waals surface area contributed by atoms with Crippen molar-refractivity contribution in [3.05, 3.63) is 0 Å². The number of nitrogens with two attached hydrogens (primary N) is 1. The summed E-state index contributed by atoms with van der Waals surface area (Å²) in [5.74, 6) is -0.931. The molecule has 0 aromatic carbocycles. The number of carbonyl (C=O) groups is 3. The van der Waals surface area contributed by atoms with Crippen LogP contribution >= 0.6 is 0 Å². The molecule has 3 amide bonds.